The maximum absolute atomic E-state index is 11.0. The zero-order chi connectivity index (χ0) is 16.2. The third-order valence-electron chi connectivity index (χ3n) is 3.61. The molecule has 0 spiro atoms. The lowest BCUT2D eigenvalue weighted by Crippen LogP contribution is -2.20. The molecule has 6 nitrogen and oxygen atoms in total. The average Bonchev–Trinajstić information content (AvgIpc) is 2.97. The summed E-state index contributed by atoms with van der Waals surface area (Å²) in [5.41, 5.74) is 2.79. The molecule has 0 aliphatic carbocycles. The number of pyridine rings is 1. The molecule has 0 aliphatic rings. The lowest BCUT2D eigenvalue weighted by Gasteiger charge is -2.12. The minimum Gasteiger partial charge on any atom is -0.326 e. The molecule has 1 aromatic carbocycles. The van der Waals surface area contributed by atoms with Crippen LogP contribution in [0.2, 0.25) is 0 Å². The lowest BCUT2D eigenvalue weighted by atomic mass is 10.2. The highest BCUT2D eigenvalue weighted by Gasteiger charge is 2.12. The second-order valence-electron chi connectivity index (χ2n) is 5.47. The minimum atomic E-state index is -0.0665. The van der Waals surface area contributed by atoms with Crippen LogP contribution >= 0.6 is 0 Å². The van der Waals surface area contributed by atoms with Crippen molar-refractivity contribution in [2.24, 2.45) is 0 Å². The largest absolute Gasteiger partial charge is 0.326 e. The van der Waals surface area contributed by atoms with Gasteiger partial charge in [0.15, 0.2) is 11.5 Å². The van der Waals surface area contributed by atoms with Crippen LogP contribution in [0.5, 0.6) is 0 Å². The molecule has 1 amide bonds. The minimum absolute atomic E-state index is 0.0665. The molecule has 0 saturated carbocycles. The van der Waals surface area contributed by atoms with Gasteiger partial charge in [-0.3, -0.25) is 9.20 Å². The Balaban J connectivity index is 1.64. The SMILES string of the molecule is CC(=O)Nc1ccc(CN[C@H](C)c2nnc3ccccn23)cc1. The summed E-state index contributed by atoms with van der Waals surface area (Å²) in [5, 5.41) is 14.6. The number of fused-ring (bicyclic) bond motifs is 1. The van der Waals surface area contributed by atoms with Gasteiger partial charge < -0.3 is 10.6 Å². The van der Waals surface area contributed by atoms with E-state index in [4.69, 9.17) is 0 Å². The van der Waals surface area contributed by atoms with Crippen LogP contribution in [0, 0.1) is 0 Å². The number of aromatic nitrogens is 3. The smallest absolute Gasteiger partial charge is 0.221 e. The molecule has 2 N–H and O–H groups in total. The van der Waals surface area contributed by atoms with Crippen molar-refractivity contribution in [3.8, 4) is 0 Å². The van der Waals surface area contributed by atoms with E-state index in [2.05, 4.69) is 27.8 Å². The van der Waals surface area contributed by atoms with Crippen LogP contribution in [0.4, 0.5) is 5.69 Å². The monoisotopic (exact) mass is 309 g/mol. The quantitative estimate of drug-likeness (QED) is 0.760. The van der Waals surface area contributed by atoms with Crippen LogP contribution in [-0.2, 0) is 11.3 Å². The van der Waals surface area contributed by atoms with Gasteiger partial charge in [-0.25, -0.2) is 0 Å². The molecule has 23 heavy (non-hydrogen) atoms. The van der Waals surface area contributed by atoms with Crippen molar-refractivity contribution in [3.63, 3.8) is 0 Å². The first-order valence-corrected chi connectivity index (χ1v) is 7.53. The molecule has 1 atom stereocenters. The normalized spacial score (nSPS) is 12.3. The van der Waals surface area contributed by atoms with Gasteiger partial charge in [-0.2, -0.15) is 0 Å². The zero-order valence-corrected chi connectivity index (χ0v) is 13.2. The van der Waals surface area contributed by atoms with Gasteiger partial charge in [0.1, 0.15) is 0 Å². The molecule has 2 aromatic heterocycles. The van der Waals surface area contributed by atoms with Gasteiger partial charge in [-0.05, 0) is 36.8 Å². The molecule has 0 aliphatic heterocycles. The van der Waals surface area contributed by atoms with Crippen molar-refractivity contribution in [2.45, 2.75) is 26.4 Å². The Bertz CT molecular complexity index is 809. The fraction of sp³-hybridized carbons (Fsp3) is 0.235. The first kappa shape index (κ1) is 15.2. The molecule has 0 unspecified atom stereocenters. The van der Waals surface area contributed by atoms with Gasteiger partial charge in [0.25, 0.3) is 0 Å². The average molecular weight is 309 g/mol. The topological polar surface area (TPSA) is 71.3 Å². The van der Waals surface area contributed by atoms with E-state index in [-0.39, 0.29) is 11.9 Å². The van der Waals surface area contributed by atoms with Crippen LogP contribution in [-0.4, -0.2) is 20.5 Å². The van der Waals surface area contributed by atoms with Gasteiger partial charge in [0, 0.05) is 25.4 Å². The number of carbonyl (C=O) groups excluding carboxylic acids is 1. The number of hydrogen-bond acceptors (Lipinski definition) is 4. The van der Waals surface area contributed by atoms with Crippen molar-refractivity contribution >= 4 is 17.2 Å². The number of anilines is 1. The molecule has 3 rings (SSSR count). The van der Waals surface area contributed by atoms with E-state index in [1.807, 2.05) is 53.1 Å². The zero-order valence-electron chi connectivity index (χ0n) is 13.2. The summed E-state index contributed by atoms with van der Waals surface area (Å²) in [5.74, 6) is 0.818. The van der Waals surface area contributed by atoms with Crippen molar-refractivity contribution in [3.05, 3.63) is 60.0 Å². The summed E-state index contributed by atoms with van der Waals surface area (Å²) in [4.78, 5) is 11.0. The molecule has 2 heterocycles. The van der Waals surface area contributed by atoms with E-state index in [0.717, 1.165) is 22.7 Å². The number of benzene rings is 1. The molecule has 3 aromatic rings. The van der Waals surface area contributed by atoms with Crippen LogP contribution < -0.4 is 10.6 Å². The number of nitrogens with one attached hydrogen (secondary N) is 2. The van der Waals surface area contributed by atoms with Crippen molar-refractivity contribution in [1.82, 2.24) is 19.9 Å². The fourth-order valence-corrected chi connectivity index (χ4v) is 2.43. The highest BCUT2D eigenvalue weighted by Crippen LogP contribution is 2.14. The molecule has 0 bridgehead atoms. The van der Waals surface area contributed by atoms with Crippen LogP contribution in [0.25, 0.3) is 5.65 Å². The van der Waals surface area contributed by atoms with Crippen LogP contribution in [0.1, 0.15) is 31.3 Å². The fourth-order valence-electron chi connectivity index (χ4n) is 2.43. The Morgan fingerprint density at radius 1 is 1.17 bits per heavy atom. The Morgan fingerprint density at radius 3 is 2.70 bits per heavy atom. The number of nitrogens with zero attached hydrogens (tertiary/aromatic N) is 3. The number of carbonyl (C=O) groups is 1. The van der Waals surface area contributed by atoms with Crippen LogP contribution in [0.15, 0.2) is 48.7 Å². The summed E-state index contributed by atoms with van der Waals surface area (Å²) < 4.78 is 1.98. The van der Waals surface area contributed by atoms with Gasteiger partial charge >= 0.3 is 0 Å². The standard InChI is InChI=1S/C17H19N5O/c1-12(17-21-20-16-5-3-4-10-22(16)17)18-11-14-6-8-15(9-7-14)19-13(2)23/h3-10,12,18H,11H2,1-2H3,(H,19,23)/t12-/m1/s1. The Kier molecular flexibility index (Phi) is 4.34. The summed E-state index contributed by atoms with van der Waals surface area (Å²) in [6.45, 7) is 4.28. The molecular formula is C17H19N5O. The third kappa shape index (κ3) is 3.54. The predicted octanol–water partition coefficient (Wildman–Crippen LogP) is 2.54. The van der Waals surface area contributed by atoms with Crippen LogP contribution in [0.3, 0.4) is 0 Å². The van der Waals surface area contributed by atoms with E-state index in [1.54, 1.807) is 0 Å². The third-order valence-corrected chi connectivity index (χ3v) is 3.61. The summed E-state index contributed by atoms with van der Waals surface area (Å²) in [7, 11) is 0. The molecule has 0 fully saturated rings. The molecule has 0 saturated heterocycles. The first-order chi connectivity index (χ1) is 11.1. The Hall–Kier alpha value is -2.73. The van der Waals surface area contributed by atoms with Gasteiger partial charge in [-0.15, -0.1) is 10.2 Å². The highest BCUT2D eigenvalue weighted by molar-refractivity contribution is 5.88. The van der Waals surface area contributed by atoms with Gasteiger partial charge in [0.2, 0.25) is 5.91 Å². The maximum atomic E-state index is 11.0. The van der Waals surface area contributed by atoms with E-state index < -0.39 is 0 Å². The van der Waals surface area contributed by atoms with E-state index >= 15 is 0 Å². The van der Waals surface area contributed by atoms with Crippen molar-refractivity contribution in [2.75, 3.05) is 5.32 Å². The lowest BCUT2D eigenvalue weighted by molar-refractivity contribution is -0.114. The predicted molar refractivity (Wildman–Crippen MR) is 89.0 cm³/mol. The van der Waals surface area contributed by atoms with Gasteiger partial charge in [-0.1, -0.05) is 18.2 Å². The molecule has 118 valence electrons. The second-order valence-corrected chi connectivity index (χ2v) is 5.47. The molecular weight excluding hydrogens is 290 g/mol. The highest BCUT2D eigenvalue weighted by atomic mass is 16.1. The molecule has 0 radical (unpaired) electrons. The Morgan fingerprint density at radius 2 is 1.96 bits per heavy atom. The van der Waals surface area contributed by atoms with E-state index in [9.17, 15) is 4.79 Å². The summed E-state index contributed by atoms with van der Waals surface area (Å²) in [6, 6.07) is 13.7. The molecule has 6 heteroatoms. The summed E-state index contributed by atoms with van der Waals surface area (Å²) >= 11 is 0. The number of amides is 1. The number of hydrogen-bond donors (Lipinski definition) is 2. The van der Waals surface area contributed by atoms with E-state index in [0.29, 0.717) is 6.54 Å². The van der Waals surface area contributed by atoms with Crippen molar-refractivity contribution < 1.29 is 4.79 Å². The van der Waals surface area contributed by atoms with Gasteiger partial charge in [0.05, 0.1) is 6.04 Å². The number of rotatable bonds is 5. The second kappa shape index (κ2) is 6.58. The Labute approximate surface area is 134 Å². The van der Waals surface area contributed by atoms with Crippen molar-refractivity contribution in [1.29, 1.82) is 0 Å². The van der Waals surface area contributed by atoms with E-state index in [1.165, 1.54) is 6.92 Å². The maximum Gasteiger partial charge on any atom is 0.221 e. The first-order valence-electron chi connectivity index (χ1n) is 7.53. The summed E-state index contributed by atoms with van der Waals surface area (Å²) in [6.07, 6.45) is 1.96.